The number of hydrogen-bond acceptors (Lipinski definition) is 5. The van der Waals surface area contributed by atoms with E-state index >= 15 is 0 Å². The zero-order valence-corrected chi connectivity index (χ0v) is 8.02. The van der Waals surface area contributed by atoms with Gasteiger partial charge in [0.25, 0.3) is 0 Å². The van der Waals surface area contributed by atoms with Gasteiger partial charge in [0.1, 0.15) is 0 Å². The molecule has 15 heavy (non-hydrogen) atoms. The summed E-state index contributed by atoms with van der Waals surface area (Å²) in [7, 11) is 0. The van der Waals surface area contributed by atoms with Crippen molar-refractivity contribution in [3.05, 3.63) is 31.0 Å². The second-order valence-electron chi connectivity index (χ2n) is 2.90. The van der Waals surface area contributed by atoms with Crippen molar-refractivity contribution < 1.29 is 4.92 Å². The fourth-order valence-corrected chi connectivity index (χ4v) is 1.20. The van der Waals surface area contributed by atoms with Crippen LogP contribution in [-0.2, 0) is 6.54 Å². The maximum absolute atomic E-state index is 11.2. The molecule has 8 nitrogen and oxygen atoms in total. The van der Waals surface area contributed by atoms with Crippen molar-refractivity contribution in [2.24, 2.45) is 0 Å². The van der Waals surface area contributed by atoms with E-state index < -0.39 is 27.7 Å². The molecule has 0 aliphatic carbocycles. The highest BCUT2D eigenvalue weighted by molar-refractivity contribution is 5.50. The third-order valence-electron chi connectivity index (χ3n) is 1.84. The van der Waals surface area contributed by atoms with E-state index in [0.29, 0.717) is 6.42 Å². The predicted molar refractivity (Wildman–Crippen MR) is 52.7 cm³/mol. The number of anilines is 1. The molecule has 0 saturated carbocycles. The van der Waals surface area contributed by atoms with Crippen LogP contribution in [0.3, 0.4) is 0 Å². The van der Waals surface area contributed by atoms with Crippen molar-refractivity contribution in [3.8, 4) is 0 Å². The molecule has 1 heterocycles. The normalized spacial score (nSPS) is 10.2. The first-order chi connectivity index (χ1) is 6.99. The number of nitrogens with one attached hydrogen (secondary N) is 1. The average molecular weight is 214 g/mol. The Labute approximate surface area is 83.5 Å². The fraction of sp³-hybridized carbons (Fsp3) is 0.429. The molecule has 0 aromatic carbocycles. The molecule has 0 radical (unpaired) electrons. The van der Waals surface area contributed by atoms with Crippen LogP contribution < -0.4 is 17.0 Å². The molecule has 1 aromatic heterocycles. The lowest BCUT2D eigenvalue weighted by Crippen LogP contribution is -2.33. The van der Waals surface area contributed by atoms with Gasteiger partial charge in [-0.25, -0.2) is 4.79 Å². The molecular formula is C7H10N4O4. The maximum atomic E-state index is 11.2. The quantitative estimate of drug-likeness (QED) is 0.515. The van der Waals surface area contributed by atoms with Crippen LogP contribution in [0.2, 0.25) is 0 Å². The van der Waals surface area contributed by atoms with Crippen LogP contribution in [0.15, 0.2) is 9.59 Å². The molecule has 0 spiro atoms. The number of rotatable bonds is 3. The highest BCUT2D eigenvalue weighted by Gasteiger charge is 2.21. The summed E-state index contributed by atoms with van der Waals surface area (Å²) < 4.78 is 0.972. The molecular weight excluding hydrogens is 204 g/mol. The van der Waals surface area contributed by atoms with Crippen molar-refractivity contribution in [2.45, 2.75) is 19.9 Å². The second-order valence-corrected chi connectivity index (χ2v) is 2.90. The van der Waals surface area contributed by atoms with Gasteiger partial charge in [-0.2, -0.15) is 0 Å². The summed E-state index contributed by atoms with van der Waals surface area (Å²) in [4.78, 5) is 33.7. The van der Waals surface area contributed by atoms with Gasteiger partial charge in [-0.05, 0) is 6.42 Å². The van der Waals surface area contributed by atoms with E-state index in [9.17, 15) is 19.7 Å². The van der Waals surface area contributed by atoms with Crippen LogP contribution >= 0.6 is 0 Å². The van der Waals surface area contributed by atoms with Gasteiger partial charge < -0.3 is 5.73 Å². The monoisotopic (exact) mass is 214 g/mol. The molecule has 0 saturated heterocycles. The minimum Gasteiger partial charge on any atom is -0.379 e. The molecule has 1 rings (SSSR count). The van der Waals surface area contributed by atoms with Crippen LogP contribution in [0.4, 0.5) is 11.5 Å². The van der Waals surface area contributed by atoms with Gasteiger partial charge in [-0.3, -0.25) is 24.5 Å². The van der Waals surface area contributed by atoms with E-state index in [1.807, 2.05) is 4.98 Å². The molecule has 8 heteroatoms. The Morgan fingerprint density at radius 1 is 1.53 bits per heavy atom. The van der Waals surface area contributed by atoms with E-state index in [0.717, 1.165) is 4.57 Å². The minimum atomic E-state index is -1.07. The Bertz CT molecular complexity index is 501. The van der Waals surface area contributed by atoms with Gasteiger partial charge in [-0.15, -0.1) is 0 Å². The summed E-state index contributed by atoms with van der Waals surface area (Å²) in [6, 6.07) is 0. The van der Waals surface area contributed by atoms with E-state index in [1.165, 1.54) is 0 Å². The van der Waals surface area contributed by atoms with Crippen LogP contribution in [-0.4, -0.2) is 14.5 Å². The molecule has 0 aliphatic heterocycles. The van der Waals surface area contributed by atoms with Gasteiger partial charge in [-0.1, -0.05) is 6.92 Å². The predicted octanol–water partition coefficient (Wildman–Crippen LogP) is -0.563. The number of nitro groups is 1. The minimum absolute atomic E-state index is 0.224. The summed E-state index contributed by atoms with van der Waals surface area (Å²) in [5.41, 5.74) is 2.78. The largest absolute Gasteiger partial charge is 0.379 e. The first kappa shape index (κ1) is 11.0. The molecule has 0 unspecified atom stereocenters. The van der Waals surface area contributed by atoms with Crippen molar-refractivity contribution in [2.75, 3.05) is 5.73 Å². The van der Waals surface area contributed by atoms with E-state index in [1.54, 1.807) is 6.92 Å². The van der Waals surface area contributed by atoms with Gasteiger partial charge in [0.15, 0.2) is 5.82 Å². The average Bonchev–Trinajstić information content (AvgIpc) is 2.11. The number of nitrogens with zero attached hydrogens (tertiary/aromatic N) is 2. The third-order valence-corrected chi connectivity index (χ3v) is 1.84. The molecule has 0 aliphatic rings. The number of H-pyrrole nitrogens is 1. The number of nitrogens with two attached hydrogens (primary N) is 1. The lowest BCUT2D eigenvalue weighted by molar-refractivity contribution is -0.385. The highest BCUT2D eigenvalue weighted by atomic mass is 16.6. The standard InChI is InChI=1S/C7H10N4O4/c1-2-3-10-5(8)4(11(14)15)6(12)9-7(10)13/h2-3,8H2,1H3,(H,9,12,13). The summed E-state index contributed by atoms with van der Waals surface area (Å²) >= 11 is 0. The lowest BCUT2D eigenvalue weighted by atomic mass is 10.4. The van der Waals surface area contributed by atoms with E-state index in [4.69, 9.17) is 5.73 Å². The highest BCUT2D eigenvalue weighted by Crippen LogP contribution is 2.12. The number of aromatic amines is 1. The summed E-state index contributed by atoms with van der Waals surface area (Å²) in [5, 5.41) is 10.5. The molecule has 0 atom stereocenters. The summed E-state index contributed by atoms with van der Waals surface area (Å²) in [5.74, 6) is -0.407. The molecule has 3 N–H and O–H groups in total. The van der Waals surface area contributed by atoms with E-state index in [-0.39, 0.29) is 6.54 Å². The number of nitrogen functional groups attached to an aromatic ring is 1. The molecule has 0 bridgehead atoms. The Kier molecular flexibility index (Phi) is 2.88. The molecule has 0 fully saturated rings. The first-order valence-electron chi connectivity index (χ1n) is 4.26. The summed E-state index contributed by atoms with van der Waals surface area (Å²) in [6.07, 6.45) is 0.577. The Morgan fingerprint density at radius 2 is 2.13 bits per heavy atom. The zero-order chi connectivity index (χ0) is 11.6. The van der Waals surface area contributed by atoms with Gasteiger partial charge in [0.2, 0.25) is 0 Å². The SMILES string of the molecule is CCCn1c(N)c([N+](=O)[O-])c(=O)[nH]c1=O. The van der Waals surface area contributed by atoms with Crippen LogP contribution in [0.25, 0.3) is 0 Å². The number of aromatic nitrogens is 2. The molecule has 0 amide bonds. The first-order valence-corrected chi connectivity index (χ1v) is 4.26. The Morgan fingerprint density at radius 3 is 2.60 bits per heavy atom. The smallest absolute Gasteiger partial charge is 0.373 e. The fourth-order valence-electron chi connectivity index (χ4n) is 1.20. The third kappa shape index (κ3) is 1.87. The summed E-state index contributed by atoms with van der Waals surface area (Å²) in [6.45, 7) is 2.01. The van der Waals surface area contributed by atoms with Gasteiger partial charge >= 0.3 is 16.9 Å². The van der Waals surface area contributed by atoms with Crippen LogP contribution in [0.1, 0.15) is 13.3 Å². The number of hydrogen-bond donors (Lipinski definition) is 2. The van der Waals surface area contributed by atoms with Crippen molar-refractivity contribution in [1.29, 1.82) is 0 Å². The van der Waals surface area contributed by atoms with E-state index in [2.05, 4.69) is 0 Å². The van der Waals surface area contributed by atoms with Gasteiger partial charge in [0, 0.05) is 6.54 Å². The Hall–Kier alpha value is -2.12. The van der Waals surface area contributed by atoms with Crippen molar-refractivity contribution in [1.82, 2.24) is 9.55 Å². The second kappa shape index (κ2) is 3.95. The molecule has 1 aromatic rings. The maximum Gasteiger partial charge on any atom is 0.373 e. The molecule has 82 valence electrons. The van der Waals surface area contributed by atoms with Crippen molar-refractivity contribution >= 4 is 11.5 Å². The van der Waals surface area contributed by atoms with Crippen molar-refractivity contribution in [3.63, 3.8) is 0 Å². The van der Waals surface area contributed by atoms with Gasteiger partial charge in [0.05, 0.1) is 4.92 Å². The Balaban J connectivity index is 3.56. The topological polar surface area (TPSA) is 124 Å². The zero-order valence-electron chi connectivity index (χ0n) is 8.02. The lowest BCUT2D eigenvalue weighted by Gasteiger charge is -2.06. The van der Waals surface area contributed by atoms with Crippen LogP contribution in [0.5, 0.6) is 0 Å². The van der Waals surface area contributed by atoms with Crippen LogP contribution in [0, 0.1) is 10.1 Å².